The van der Waals surface area contributed by atoms with Crippen LogP contribution in [0.4, 0.5) is 5.69 Å². The molecule has 0 aliphatic heterocycles. The van der Waals surface area contributed by atoms with E-state index in [9.17, 15) is 4.79 Å². The van der Waals surface area contributed by atoms with Gasteiger partial charge in [-0.15, -0.1) is 0 Å². The van der Waals surface area contributed by atoms with E-state index in [1.54, 1.807) is 25.3 Å². The van der Waals surface area contributed by atoms with E-state index in [1.807, 2.05) is 23.8 Å². The van der Waals surface area contributed by atoms with Crippen molar-refractivity contribution in [3.05, 3.63) is 42.0 Å². The smallest absolute Gasteiger partial charge is 0.340 e. The Bertz CT molecular complexity index is 590. The maximum Gasteiger partial charge on any atom is 0.340 e. The molecular weight excluding hydrogens is 242 g/mol. The minimum Gasteiger partial charge on any atom is -0.462 e. The molecule has 0 saturated heterocycles. The lowest BCUT2D eigenvalue weighted by atomic mass is 10.1. The monoisotopic (exact) mass is 259 g/mol. The number of aryl methyl sites for hydroxylation is 1. The van der Waals surface area contributed by atoms with Gasteiger partial charge < -0.3 is 15.0 Å². The van der Waals surface area contributed by atoms with Crippen LogP contribution >= 0.6 is 0 Å². The van der Waals surface area contributed by atoms with Crippen LogP contribution < -0.4 is 5.73 Å². The summed E-state index contributed by atoms with van der Waals surface area (Å²) in [6.45, 7) is 4.12. The third-order valence-corrected chi connectivity index (χ3v) is 2.81. The molecule has 0 unspecified atom stereocenters. The van der Waals surface area contributed by atoms with Gasteiger partial charge in [-0.3, -0.25) is 0 Å². The number of aromatic nitrogens is 2. The predicted octanol–water partition coefficient (Wildman–Crippen LogP) is 2.19. The lowest BCUT2D eigenvalue weighted by Crippen LogP contribution is -2.11. The van der Waals surface area contributed by atoms with Gasteiger partial charge in [-0.1, -0.05) is 6.92 Å². The molecule has 0 aliphatic rings. The average Bonchev–Trinajstić information content (AvgIpc) is 2.87. The van der Waals surface area contributed by atoms with Crippen molar-refractivity contribution >= 4 is 11.7 Å². The van der Waals surface area contributed by atoms with E-state index in [0.29, 0.717) is 17.9 Å². The zero-order valence-electron chi connectivity index (χ0n) is 11.1. The molecule has 0 fully saturated rings. The molecule has 5 heteroatoms. The molecule has 0 radical (unpaired) electrons. The van der Waals surface area contributed by atoms with Crippen molar-refractivity contribution in [2.45, 2.75) is 20.3 Å². The summed E-state index contributed by atoms with van der Waals surface area (Å²) in [4.78, 5) is 16.3. The van der Waals surface area contributed by atoms with Gasteiger partial charge in [0.1, 0.15) is 5.82 Å². The molecule has 2 rings (SSSR count). The Morgan fingerprint density at radius 1 is 1.42 bits per heavy atom. The molecule has 0 atom stereocenters. The standard InChI is InChI=1S/C14H17N3O2/c1-3-13-16-7-8-17(13)12-6-5-10(15)9-11(12)14(18)19-4-2/h5-9H,3-4,15H2,1-2H3. The van der Waals surface area contributed by atoms with Crippen LogP contribution in [0.3, 0.4) is 0 Å². The third-order valence-electron chi connectivity index (χ3n) is 2.81. The van der Waals surface area contributed by atoms with Crippen LogP contribution in [0.25, 0.3) is 5.69 Å². The van der Waals surface area contributed by atoms with E-state index in [2.05, 4.69) is 4.98 Å². The number of rotatable bonds is 4. The summed E-state index contributed by atoms with van der Waals surface area (Å²) in [6.07, 6.45) is 4.32. The number of carbonyl (C=O) groups excluding carboxylic acids is 1. The molecule has 1 aromatic heterocycles. The number of nitrogen functional groups attached to an aromatic ring is 1. The van der Waals surface area contributed by atoms with E-state index in [0.717, 1.165) is 17.9 Å². The number of benzene rings is 1. The molecule has 0 amide bonds. The van der Waals surface area contributed by atoms with Crippen LogP contribution in [0, 0.1) is 0 Å². The van der Waals surface area contributed by atoms with Crippen molar-refractivity contribution in [1.82, 2.24) is 9.55 Å². The van der Waals surface area contributed by atoms with E-state index in [-0.39, 0.29) is 5.97 Å². The van der Waals surface area contributed by atoms with Crippen molar-refractivity contribution in [1.29, 1.82) is 0 Å². The summed E-state index contributed by atoms with van der Waals surface area (Å²) in [7, 11) is 0. The first-order valence-corrected chi connectivity index (χ1v) is 6.26. The van der Waals surface area contributed by atoms with Crippen LogP contribution in [0.1, 0.15) is 30.0 Å². The van der Waals surface area contributed by atoms with Crippen LogP contribution in [-0.4, -0.2) is 22.1 Å². The Morgan fingerprint density at radius 2 is 2.21 bits per heavy atom. The number of nitrogens with zero attached hydrogens (tertiary/aromatic N) is 2. The lowest BCUT2D eigenvalue weighted by molar-refractivity contribution is 0.0526. The number of ether oxygens (including phenoxy) is 1. The van der Waals surface area contributed by atoms with Crippen molar-refractivity contribution in [2.75, 3.05) is 12.3 Å². The van der Waals surface area contributed by atoms with Crippen LogP contribution in [0.15, 0.2) is 30.6 Å². The fourth-order valence-electron chi connectivity index (χ4n) is 1.95. The summed E-state index contributed by atoms with van der Waals surface area (Å²) in [5.41, 5.74) is 7.48. The Labute approximate surface area is 112 Å². The largest absolute Gasteiger partial charge is 0.462 e. The third kappa shape index (κ3) is 2.59. The Hall–Kier alpha value is -2.30. The van der Waals surface area contributed by atoms with Gasteiger partial charge in [0.2, 0.25) is 0 Å². The van der Waals surface area contributed by atoms with Crippen LogP contribution in [0.2, 0.25) is 0 Å². The number of hydrogen-bond acceptors (Lipinski definition) is 4. The highest BCUT2D eigenvalue weighted by Gasteiger charge is 2.16. The Kier molecular flexibility index (Phi) is 3.85. The molecule has 0 bridgehead atoms. The van der Waals surface area contributed by atoms with Crippen molar-refractivity contribution in [3.63, 3.8) is 0 Å². The normalized spacial score (nSPS) is 10.4. The highest BCUT2D eigenvalue weighted by molar-refractivity contribution is 5.94. The van der Waals surface area contributed by atoms with E-state index >= 15 is 0 Å². The maximum atomic E-state index is 12.0. The molecular formula is C14H17N3O2. The minimum absolute atomic E-state index is 0.331. The van der Waals surface area contributed by atoms with Crippen molar-refractivity contribution in [2.24, 2.45) is 0 Å². The summed E-state index contributed by atoms with van der Waals surface area (Å²) in [5.74, 6) is 0.510. The fraction of sp³-hybridized carbons (Fsp3) is 0.286. The van der Waals surface area contributed by atoms with Gasteiger partial charge in [0.15, 0.2) is 0 Å². The van der Waals surface area contributed by atoms with Gasteiger partial charge in [0.25, 0.3) is 0 Å². The Morgan fingerprint density at radius 3 is 2.89 bits per heavy atom. The van der Waals surface area contributed by atoms with Gasteiger partial charge in [0, 0.05) is 24.5 Å². The number of nitrogens with two attached hydrogens (primary N) is 1. The molecule has 2 aromatic rings. The molecule has 0 saturated carbocycles. The summed E-state index contributed by atoms with van der Waals surface area (Å²) < 4.78 is 6.95. The SMILES string of the molecule is CCOC(=O)c1cc(N)ccc1-n1ccnc1CC. The number of anilines is 1. The quantitative estimate of drug-likeness (QED) is 0.675. The summed E-state index contributed by atoms with van der Waals surface area (Å²) in [5, 5.41) is 0. The second-order valence-corrected chi connectivity index (χ2v) is 4.06. The Balaban J connectivity index is 2.54. The number of esters is 1. The molecule has 0 spiro atoms. The molecule has 1 aromatic carbocycles. The van der Waals surface area contributed by atoms with Crippen molar-refractivity contribution < 1.29 is 9.53 Å². The van der Waals surface area contributed by atoms with Gasteiger partial charge in [-0.2, -0.15) is 0 Å². The number of hydrogen-bond donors (Lipinski definition) is 1. The number of imidazole rings is 1. The van der Waals surface area contributed by atoms with Crippen LogP contribution in [0.5, 0.6) is 0 Å². The first-order valence-electron chi connectivity index (χ1n) is 6.26. The van der Waals surface area contributed by atoms with Gasteiger partial charge in [-0.05, 0) is 25.1 Å². The molecule has 0 aliphatic carbocycles. The molecule has 2 N–H and O–H groups in total. The van der Waals surface area contributed by atoms with Crippen molar-refractivity contribution in [3.8, 4) is 5.69 Å². The summed E-state index contributed by atoms with van der Waals surface area (Å²) in [6, 6.07) is 5.20. The second kappa shape index (κ2) is 5.56. The maximum absolute atomic E-state index is 12.0. The molecule has 19 heavy (non-hydrogen) atoms. The predicted molar refractivity (Wildman–Crippen MR) is 73.3 cm³/mol. The van der Waals surface area contributed by atoms with Gasteiger partial charge >= 0.3 is 5.97 Å². The highest BCUT2D eigenvalue weighted by atomic mass is 16.5. The second-order valence-electron chi connectivity index (χ2n) is 4.06. The minimum atomic E-state index is -0.374. The highest BCUT2D eigenvalue weighted by Crippen LogP contribution is 2.20. The molecule has 100 valence electrons. The van der Waals surface area contributed by atoms with Gasteiger partial charge in [0.05, 0.1) is 17.9 Å². The van der Waals surface area contributed by atoms with Crippen LogP contribution in [-0.2, 0) is 11.2 Å². The van der Waals surface area contributed by atoms with E-state index in [4.69, 9.17) is 10.5 Å². The number of carbonyl (C=O) groups is 1. The topological polar surface area (TPSA) is 70.1 Å². The molecule has 1 heterocycles. The zero-order valence-corrected chi connectivity index (χ0v) is 11.1. The van der Waals surface area contributed by atoms with E-state index < -0.39 is 0 Å². The average molecular weight is 259 g/mol. The lowest BCUT2D eigenvalue weighted by Gasteiger charge is -2.12. The van der Waals surface area contributed by atoms with Gasteiger partial charge in [-0.25, -0.2) is 9.78 Å². The first-order chi connectivity index (χ1) is 9.17. The zero-order chi connectivity index (χ0) is 13.8. The summed E-state index contributed by atoms with van der Waals surface area (Å²) >= 11 is 0. The van der Waals surface area contributed by atoms with E-state index in [1.165, 1.54) is 0 Å². The molecule has 5 nitrogen and oxygen atoms in total. The first kappa shape index (κ1) is 13.1. The fourth-order valence-corrected chi connectivity index (χ4v) is 1.95.